The molecule has 31 heavy (non-hydrogen) atoms. The normalized spacial score (nSPS) is 15.1. The third-order valence-corrected chi connectivity index (χ3v) is 7.98. The van der Waals surface area contributed by atoms with Crippen molar-refractivity contribution in [3.05, 3.63) is 66.7 Å². The quantitative estimate of drug-likeness (QED) is 0.586. The van der Waals surface area contributed by atoms with Crippen LogP contribution in [-0.2, 0) is 14.6 Å². The maximum Gasteiger partial charge on any atom is 0.260 e. The van der Waals surface area contributed by atoms with Crippen LogP contribution >= 0.6 is 0 Å². The van der Waals surface area contributed by atoms with E-state index in [1.165, 1.54) is 0 Å². The average Bonchev–Trinajstić information content (AvgIpc) is 2.82. The summed E-state index contributed by atoms with van der Waals surface area (Å²) in [6.45, 7) is 0.744. The lowest BCUT2D eigenvalue weighted by Crippen LogP contribution is -2.44. The maximum atomic E-state index is 12.9. The van der Waals surface area contributed by atoms with Gasteiger partial charge in [0, 0.05) is 13.1 Å². The number of carbonyl (C=O) groups excluding carboxylic acids is 1. The Kier molecular flexibility index (Phi) is 6.13. The molecule has 0 radical (unpaired) electrons. The van der Waals surface area contributed by atoms with Gasteiger partial charge in [-0.25, -0.2) is 8.42 Å². The Morgan fingerprint density at radius 3 is 2.26 bits per heavy atom. The molecule has 0 bridgehead atoms. The van der Waals surface area contributed by atoms with Crippen molar-refractivity contribution < 1.29 is 22.7 Å². The van der Waals surface area contributed by atoms with Crippen LogP contribution in [0.1, 0.15) is 12.8 Å². The number of sulfone groups is 1. The van der Waals surface area contributed by atoms with Crippen LogP contribution < -0.4 is 9.47 Å². The molecule has 3 aromatic rings. The number of nitrogens with zero attached hydrogens (tertiary/aromatic N) is 1. The van der Waals surface area contributed by atoms with Crippen molar-refractivity contribution >= 4 is 26.5 Å². The largest absolute Gasteiger partial charge is 0.497 e. The van der Waals surface area contributed by atoms with Crippen molar-refractivity contribution in [1.29, 1.82) is 0 Å². The van der Waals surface area contributed by atoms with E-state index in [4.69, 9.17) is 9.47 Å². The lowest BCUT2D eigenvalue weighted by Gasteiger charge is -2.31. The Morgan fingerprint density at radius 2 is 1.58 bits per heavy atom. The summed E-state index contributed by atoms with van der Waals surface area (Å²) in [4.78, 5) is 14.5. The number of methoxy groups -OCH3 is 1. The van der Waals surface area contributed by atoms with E-state index >= 15 is 0 Å². The van der Waals surface area contributed by atoms with Crippen LogP contribution in [0.5, 0.6) is 11.5 Å². The van der Waals surface area contributed by atoms with E-state index in [0.717, 1.165) is 10.8 Å². The number of amides is 1. The minimum absolute atomic E-state index is 0.0613. The zero-order valence-electron chi connectivity index (χ0n) is 17.4. The van der Waals surface area contributed by atoms with Gasteiger partial charge in [-0.2, -0.15) is 0 Å². The first-order valence-electron chi connectivity index (χ1n) is 10.2. The van der Waals surface area contributed by atoms with Crippen molar-refractivity contribution in [1.82, 2.24) is 4.90 Å². The van der Waals surface area contributed by atoms with Crippen LogP contribution in [0.15, 0.2) is 71.6 Å². The highest BCUT2D eigenvalue weighted by Gasteiger charge is 2.32. The van der Waals surface area contributed by atoms with Gasteiger partial charge in [-0.15, -0.1) is 0 Å². The fourth-order valence-electron chi connectivity index (χ4n) is 3.87. The van der Waals surface area contributed by atoms with E-state index < -0.39 is 15.1 Å². The topological polar surface area (TPSA) is 72.9 Å². The SMILES string of the molecule is COc1ccc(S(=O)(=O)C2CCN(C(=O)COc3ccc4ccccc4c3)CC2)cc1. The zero-order chi connectivity index (χ0) is 21.8. The Hall–Kier alpha value is -3.06. The van der Waals surface area contributed by atoms with Crippen molar-refractivity contribution in [2.24, 2.45) is 0 Å². The summed E-state index contributed by atoms with van der Waals surface area (Å²) in [5, 5.41) is 1.67. The molecule has 6 nitrogen and oxygen atoms in total. The van der Waals surface area contributed by atoms with Crippen LogP contribution in [0.4, 0.5) is 0 Å². The van der Waals surface area contributed by atoms with Gasteiger partial charge in [0.25, 0.3) is 5.91 Å². The predicted octanol–water partition coefficient (Wildman–Crippen LogP) is 3.69. The Balaban J connectivity index is 1.32. The lowest BCUT2D eigenvalue weighted by atomic mass is 10.1. The first kappa shape index (κ1) is 21.2. The monoisotopic (exact) mass is 439 g/mol. The first-order valence-corrected chi connectivity index (χ1v) is 11.8. The van der Waals surface area contributed by atoms with E-state index in [-0.39, 0.29) is 17.4 Å². The fourth-order valence-corrected chi connectivity index (χ4v) is 5.60. The van der Waals surface area contributed by atoms with Gasteiger partial charge in [0.2, 0.25) is 0 Å². The van der Waals surface area contributed by atoms with Gasteiger partial charge in [-0.05, 0) is 60.0 Å². The zero-order valence-corrected chi connectivity index (χ0v) is 18.2. The molecule has 0 saturated carbocycles. The molecule has 3 aromatic carbocycles. The van der Waals surface area contributed by atoms with E-state index in [9.17, 15) is 13.2 Å². The number of likely N-dealkylation sites (tertiary alicyclic amines) is 1. The van der Waals surface area contributed by atoms with Crippen LogP contribution in [0.25, 0.3) is 10.8 Å². The third kappa shape index (κ3) is 4.66. The molecule has 0 N–H and O–H groups in total. The molecule has 162 valence electrons. The molecule has 1 amide bonds. The molecule has 0 spiro atoms. The molecule has 7 heteroatoms. The van der Waals surface area contributed by atoms with Gasteiger partial charge in [0.1, 0.15) is 11.5 Å². The number of ether oxygens (including phenoxy) is 2. The number of carbonyl (C=O) groups is 1. The average molecular weight is 440 g/mol. The van der Waals surface area contributed by atoms with Crippen LogP contribution in [0.3, 0.4) is 0 Å². The summed E-state index contributed by atoms with van der Waals surface area (Å²) in [5.41, 5.74) is 0. The second-order valence-corrected chi connectivity index (χ2v) is 9.83. The number of hydrogen-bond donors (Lipinski definition) is 0. The van der Waals surface area contributed by atoms with E-state index in [0.29, 0.717) is 37.4 Å². The highest BCUT2D eigenvalue weighted by Crippen LogP contribution is 2.26. The summed E-state index contributed by atoms with van der Waals surface area (Å²) in [5.74, 6) is 1.13. The number of fused-ring (bicyclic) bond motifs is 1. The first-order chi connectivity index (χ1) is 15.0. The minimum Gasteiger partial charge on any atom is -0.497 e. The Bertz CT molecular complexity index is 1170. The van der Waals surface area contributed by atoms with Gasteiger partial charge >= 0.3 is 0 Å². The third-order valence-electron chi connectivity index (χ3n) is 5.70. The highest BCUT2D eigenvalue weighted by atomic mass is 32.2. The summed E-state index contributed by atoms with van der Waals surface area (Å²) in [6.07, 6.45) is 0.826. The molecule has 0 atom stereocenters. The van der Waals surface area contributed by atoms with Crippen LogP contribution in [-0.4, -0.2) is 51.3 Å². The van der Waals surface area contributed by atoms with Crippen molar-refractivity contribution in [2.75, 3.05) is 26.8 Å². The van der Waals surface area contributed by atoms with E-state index in [2.05, 4.69) is 0 Å². The van der Waals surface area contributed by atoms with Crippen molar-refractivity contribution in [2.45, 2.75) is 23.0 Å². The molecular formula is C24H25NO5S. The predicted molar refractivity (Wildman–Crippen MR) is 119 cm³/mol. The summed E-state index contributed by atoms with van der Waals surface area (Å²) < 4.78 is 36.6. The standard InChI is InChI=1S/C24H25NO5S/c1-29-20-8-10-22(11-9-20)31(27,28)23-12-14-25(15-13-23)24(26)17-30-21-7-6-18-4-2-3-5-19(18)16-21/h2-11,16,23H,12-15,17H2,1H3. The van der Waals surface area contributed by atoms with E-state index in [1.807, 2.05) is 42.5 Å². The Morgan fingerprint density at radius 1 is 0.935 bits per heavy atom. The Labute approximate surface area is 182 Å². The smallest absolute Gasteiger partial charge is 0.260 e. The second kappa shape index (κ2) is 8.98. The molecule has 1 fully saturated rings. The molecule has 1 heterocycles. The van der Waals surface area contributed by atoms with Gasteiger partial charge < -0.3 is 14.4 Å². The van der Waals surface area contributed by atoms with Crippen molar-refractivity contribution in [3.8, 4) is 11.5 Å². The van der Waals surface area contributed by atoms with Crippen molar-refractivity contribution in [3.63, 3.8) is 0 Å². The highest BCUT2D eigenvalue weighted by molar-refractivity contribution is 7.92. The second-order valence-electron chi connectivity index (χ2n) is 7.60. The van der Waals surface area contributed by atoms with Crippen LogP contribution in [0, 0.1) is 0 Å². The number of benzene rings is 3. The molecule has 4 rings (SSSR count). The molecule has 0 aliphatic carbocycles. The van der Waals surface area contributed by atoms with Gasteiger partial charge in [0.15, 0.2) is 16.4 Å². The molecule has 1 saturated heterocycles. The van der Waals surface area contributed by atoms with Gasteiger partial charge in [-0.1, -0.05) is 30.3 Å². The molecule has 1 aliphatic rings. The van der Waals surface area contributed by atoms with Crippen LogP contribution in [0.2, 0.25) is 0 Å². The lowest BCUT2D eigenvalue weighted by molar-refractivity contribution is -0.134. The summed E-state index contributed by atoms with van der Waals surface area (Å²) in [6, 6.07) is 20.1. The van der Waals surface area contributed by atoms with Gasteiger partial charge in [0.05, 0.1) is 17.3 Å². The number of piperidine rings is 1. The summed E-state index contributed by atoms with van der Waals surface area (Å²) in [7, 11) is -1.90. The molecule has 0 aromatic heterocycles. The maximum absolute atomic E-state index is 12.9. The molecule has 0 unspecified atom stereocenters. The number of hydrogen-bond acceptors (Lipinski definition) is 5. The molecular weight excluding hydrogens is 414 g/mol. The van der Waals surface area contributed by atoms with Gasteiger partial charge in [-0.3, -0.25) is 4.79 Å². The number of rotatable bonds is 6. The summed E-state index contributed by atoms with van der Waals surface area (Å²) >= 11 is 0. The fraction of sp³-hybridized carbons (Fsp3) is 0.292. The van der Waals surface area contributed by atoms with E-state index in [1.54, 1.807) is 36.3 Å². The minimum atomic E-state index is -3.44. The molecule has 1 aliphatic heterocycles.